The molecule has 0 aromatic rings. The van der Waals surface area contributed by atoms with Crippen molar-refractivity contribution in [3.8, 4) is 0 Å². The van der Waals surface area contributed by atoms with Crippen molar-refractivity contribution in [1.29, 1.82) is 0 Å². The monoisotopic (exact) mass is 177 g/mol. The summed E-state index contributed by atoms with van der Waals surface area (Å²) in [6.07, 6.45) is -0.710. The first kappa shape index (κ1) is 11.2. The van der Waals surface area contributed by atoms with Crippen molar-refractivity contribution in [1.82, 2.24) is 5.32 Å². The maximum absolute atomic E-state index is 10.2. The van der Waals surface area contributed by atoms with Crippen LogP contribution in [0.3, 0.4) is 0 Å². The Morgan fingerprint density at radius 1 is 1.42 bits per heavy atom. The van der Waals surface area contributed by atoms with Gasteiger partial charge >= 0.3 is 6.09 Å². The summed E-state index contributed by atoms with van der Waals surface area (Å²) >= 11 is 0. The number of carboxylic acid groups (broad SMARTS) is 1. The zero-order valence-electron chi connectivity index (χ0n) is 7.03. The molecule has 0 bridgehead atoms. The maximum atomic E-state index is 10.2. The summed E-state index contributed by atoms with van der Waals surface area (Å²) in [4.78, 5) is 10.2. The van der Waals surface area contributed by atoms with Gasteiger partial charge in [0.25, 0.3) is 0 Å². The molecule has 0 aliphatic heterocycles. The van der Waals surface area contributed by atoms with E-state index < -0.39 is 12.1 Å². The number of hydrogen-bond donors (Lipinski definition) is 4. The number of amides is 1. The Bertz CT molecular complexity index is 139. The van der Waals surface area contributed by atoms with Crippen LogP contribution >= 0.6 is 0 Å². The highest BCUT2D eigenvalue weighted by Crippen LogP contribution is 2.04. The molecule has 12 heavy (non-hydrogen) atoms. The maximum Gasteiger partial charge on any atom is 0.404 e. The van der Waals surface area contributed by atoms with Crippen LogP contribution in [0.5, 0.6) is 0 Å². The Labute approximate surface area is 71.0 Å². The molecular formula is C7H15NO4. The summed E-state index contributed by atoms with van der Waals surface area (Å²) in [5, 5.41) is 27.8. The van der Waals surface area contributed by atoms with Crippen LogP contribution in [-0.2, 0) is 0 Å². The molecule has 0 saturated carbocycles. The van der Waals surface area contributed by atoms with Crippen LogP contribution < -0.4 is 5.32 Å². The average molecular weight is 177 g/mol. The van der Waals surface area contributed by atoms with Crippen LogP contribution in [0.2, 0.25) is 0 Å². The smallest absolute Gasteiger partial charge is 0.404 e. The van der Waals surface area contributed by atoms with Gasteiger partial charge in [-0.1, -0.05) is 6.92 Å². The second-order valence-electron chi connectivity index (χ2n) is 2.85. The van der Waals surface area contributed by atoms with Crippen LogP contribution in [0.25, 0.3) is 0 Å². The van der Waals surface area contributed by atoms with Gasteiger partial charge in [0.2, 0.25) is 0 Å². The second kappa shape index (κ2) is 5.79. The summed E-state index contributed by atoms with van der Waals surface area (Å²) < 4.78 is 0. The highest BCUT2D eigenvalue weighted by molar-refractivity contribution is 5.64. The molecule has 0 aliphatic rings. The van der Waals surface area contributed by atoms with Gasteiger partial charge in [0.1, 0.15) is 0 Å². The van der Waals surface area contributed by atoms with E-state index in [1.807, 2.05) is 0 Å². The first-order valence-electron chi connectivity index (χ1n) is 3.81. The van der Waals surface area contributed by atoms with Crippen molar-refractivity contribution in [2.75, 3.05) is 13.2 Å². The molecule has 0 aromatic carbocycles. The van der Waals surface area contributed by atoms with Crippen molar-refractivity contribution in [2.24, 2.45) is 5.92 Å². The van der Waals surface area contributed by atoms with Gasteiger partial charge in [-0.3, -0.25) is 0 Å². The minimum Gasteiger partial charge on any atom is -0.465 e. The minimum absolute atomic E-state index is 0.00218. The average Bonchev–Trinajstić information content (AvgIpc) is 2.02. The molecule has 0 saturated heterocycles. The van der Waals surface area contributed by atoms with Gasteiger partial charge in [-0.05, 0) is 12.3 Å². The summed E-state index contributed by atoms with van der Waals surface area (Å²) in [6.45, 7) is 1.54. The molecule has 2 unspecified atom stereocenters. The molecule has 1 amide bonds. The fourth-order valence-electron chi connectivity index (χ4n) is 0.914. The Morgan fingerprint density at radius 2 is 2.00 bits per heavy atom. The number of aliphatic hydroxyl groups is 2. The van der Waals surface area contributed by atoms with E-state index in [9.17, 15) is 4.79 Å². The quantitative estimate of drug-likeness (QED) is 0.461. The van der Waals surface area contributed by atoms with Crippen LogP contribution in [0.4, 0.5) is 4.79 Å². The third kappa shape index (κ3) is 4.92. The van der Waals surface area contributed by atoms with Crippen molar-refractivity contribution in [3.05, 3.63) is 0 Å². The molecule has 5 nitrogen and oxygen atoms in total. The van der Waals surface area contributed by atoms with Crippen LogP contribution in [0.1, 0.15) is 13.3 Å². The lowest BCUT2D eigenvalue weighted by Crippen LogP contribution is -2.38. The molecule has 0 aliphatic carbocycles. The predicted molar refractivity (Wildman–Crippen MR) is 42.9 cm³/mol. The van der Waals surface area contributed by atoms with E-state index in [1.165, 1.54) is 0 Å². The van der Waals surface area contributed by atoms with Gasteiger partial charge < -0.3 is 20.6 Å². The van der Waals surface area contributed by atoms with E-state index in [1.54, 1.807) is 6.92 Å². The first-order valence-corrected chi connectivity index (χ1v) is 3.81. The Hall–Kier alpha value is -0.810. The molecule has 0 aromatic heterocycles. The van der Waals surface area contributed by atoms with Crippen molar-refractivity contribution in [2.45, 2.75) is 19.4 Å². The molecule has 0 fully saturated rings. The van der Waals surface area contributed by atoms with E-state index in [0.717, 1.165) is 0 Å². The molecule has 0 spiro atoms. The summed E-state index contributed by atoms with van der Waals surface area (Å²) in [7, 11) is 0. The van der Waals surface area contributed by atoms with E-state index >= 15 is 0 Å². The topological polar surface area (TPSA) is 89.8 Å². The number of nitrogens with one attached hydrogen (secondary N) is 1. The largest absolute Gasteiger partial charge is 0.465 e. The second-order valence-corrected chi connectivity index (χ2v) is 2.85. The lowest BCUT2D eigenvalue weighted by Gasteiger charge is -2.16. The first-order chi connectivity index (χ1) is 5.60. The summed E-state index contributed by atoms with van der Waals surface area (Å²) in [5.74, 6) is -0.00556. The third-order valence-electron chi connectivity index (χ3n) is 1.55. The molecule has 72 valence electrons. The zero-order chi connectivity index (χ0) is 9.56. The van der Waals surface area contributed by atoms with Gasteiger partial charge in [0, 0.05) is 6.61 Å². The van der Waals surface area contributed by atoms with E-state index in [0.29, 0.717) is 6.42 Å². The van der Waals surface area contributed by atoms with Gasteiger partial charge in [-0.15, -0.1) is 0 Å². The van der Waals surface area contributed by atoms with E-state index in [2.05, 4.69) is 5.32 Å². The fourth-order valence-corrected chi connectivity index (χ4v) is 0.914. The van der Waals surface area contributed by atoms with Crippen LogP contribution in [0, 0.1) is 5.92 Å². The Balaban J connectivity index is 3.74. The van der Waals surface area contributed by atoms with Crippen molar-refractivity contribution < 1.29 is 20.1 Å². The third-order valence-corrected chi connectivity index (χ3v) is 1.55. The molecule has 5 heteroatoms. The molecule has 4 N–H and O–H groups in total. The van der Waals surface area contributed by atoms with Crippen LogP contribution in [0.15, 0.2) is 0 Å². The SMILES string of the molecule is CC(CO)CC(CO)NC(=O)O. The highest BCUT2D eigenvalue weighted by Gasteiger charge is 2.13. The fraction of sp³-hybridized carbons (Fsp3) is 0.857. The number of hydrogen-bond acceptors (Lipinski definition) is 3. The molecule has 2 atom stereocenters. The van der Waals surface area contributed by atoms with Gasteiger partial charge in [0.05, 0.1) is 12.6 Å². The lowest BCUT2D eigenvalue weighted by molar-refractivity contribution is 0.160. The number of rotatable bonds is 5. The number of carbonyl (C=O) groups is 1. The van der Waals surface area contributed by atoms with Gasteiger partial charge in [-0.2, -0.15) is 0 Å². The van der Waals surface area contributed by atoms with Gasteiger partial charge in [-0.25, -0.2) is 4.79 Å². The normalized spacial score (nSPS) is 15.2. The molecule has 0 radical (unpaired) electrons. The molecular weight excluding hydrogens is 162 g/mol. The van der Waals surface area contributed by atoms with Crippen molar-refractivity contribution >= 4 is 6.09 Å². The minimum atomic E-state index is -1.15. The van der Waals surface area contributed by atoms with E-state index in [4.69, 9.17) is 15.3 Å². The molecule has 0 heterocycles. The standard InChI is InChI=1S/C7H15NO4/c1-5(3-9)2-6(4-10)8-7(11)12/h5-6,8-10H,2-4H2,1H3,(H,11,12). The predicted octanol–water partition coefficient (Wildman–Crippen LogP) is -0.367. The Morgan fingerprint density at radius 3 is 2.33 bits per heavy atom. The zero-order valence-corrected chi connectivity index (χ0v) is 7.03. The molecule has 0 rings (SSSR count). The summed E-state index contributed by atoms with van der Waals surface area (Å²) in [5.41, 5.74) is 0. The summed E-state index contributed by atoms with van der Waals surface area (Å²) in [6, 6.07) is -0.482. The Kier molecular flexibility index (Phi) is 5.40. The number of aliphatic hydroxyl groups excluding tert-OH is 2. The lowest BCUT2D eigenvalue weighted by atomic mass is 10.0. The van der Waals surface area contributed by atoms with Crippen molar-refractivity contribution in [3.63, 3.8) is 0 Å². The van der Waals surface area contributed by atoms with Crippen LogP contribution in [-0.4, -0.2) is 40.7 Å². The van der Waals surface area contributed by atoms with E-state index in [-0.39, 0.29) is 19.1 Å². The van der Waals surface area contributed by atoms with Gasteiger partial charge in [0.15, 0.2) is 0 Å². The highest BCUT2D eigenvalue weighted by atomic mass is 16.4.